The quantitative estimate of drug-likeness (QED) is 0.479. The van der Waals surface area contributed by atoms with Gasteiger partial charge in [-0.15, -0.1) is 0 Å². The largest absolute Gasteiger partial charge is 0.477 e. The summed E-state index contributed by atoms with van der Waals surface area (Å²) in [6, 6.07) is 9.33. The molecule has 1 heterocycles. The maximum Gasteiger partial charge on any atom is 0.310 e. The molecular weight excluding hydrogens is 302 g/mol. The third-order valence-corrected chi connectivity index (χ3v) is 2.57. The van der Waals surface area contributed by atoms with Crippen molar-refractivity contribution in [1.29, 1.82) is 0 Å². The van der Waals surface area contributed by atoms with Gasteiger partial charge in [0.15, 0.2) is 12.4 Å². The maximum atomic E-state index is 11.5. The van der Waals surface area contributed by atoms with Crippen LogP contribution in [0, 0.1) is 10.1 Å². The second-order valence-corrected chi connectivity index (χ2v) is 4.20. The number of benzene rings is 1. The lowest BCUT2D eigenvalue weighted by atomic mass is 10.3. The summed E-state index contributed by atoms with van der Waals surface area (Å²) in [6.07, 6.45) is 6.16. The van der Waals surface area contributed by atoms with Crippen molar-refractivity contribution in [2.45, 2.75) is 0 Å². The van der Waals surface area contributed by atoms with E-state index in [2.05, 4.69) is 10.5 Å². The molecule has 0 fully saturated rings. The molecule has 0 saturated carbocycles. The number of allylic oxidation sites excluding steroid dienone is 1. The van der Waals surface area contributed by atoms with Crippen molar-refractivity contribution in [3.05, 3.63) is 64.6 Å². The van der Waals surface area contributed by atoms with E-state index >= 15 is 0 Å². The summed E-state index contributed by atoms with van der Waals surface area (Å²) < 4.78 is 10.2. The molecule has 1 N–H and O–H groups in total. The zero-order chi connectivity index (χ0) is 16.5. The smallest absolute Gasteiger partial charge is 0.310 e. The highest BCUT2D eigenvalue weighted by Gasteiger charge is 2.14. The standard InChI is InChI=1S/C15H13N3O5/c19-15(17-16-9-3-5-12-6-4-10-22-12)11-23-14-8-2-1-7-13(14)18(20)21/h1-10H,11H2,(H,17,19)/b5-3+,16-9-. The number of nitrogens with one attached hydrogen (secondary N) is 1. The zero-order valence-corrected chi connectivity index (χ0v) is 11.9. The number of nitrogens with zero attached hydrogens (tertiary/aromatic N) is 2. The lowest BCUT2D eigenvalue weighted by Crippen LogP contribution is -2.24. The second-order valence-electron chi connectivity index (χ2n) is 4.20. The molecule has 8 nitrogen and oxygen atoms in total. The Labute approximate surface area is 131 Å². The number of hydrogen-bond donors (Lipinski definition) is 1. The lowest BCUT2D eigenvalue weighted by Gasteiger charge is -2.04. The lowest BCUT2D eigenvalue weighted by molar-refractivity contribution is -0.385. The van der Waals surface area contributed by atoms with Gasteiger partial charge in [0.05, 0.1) is 11.2 Å². The van der Waals surface area contributed by atoms with Crippen molar-refractivity contribution in [3.63, 3.8) is 0 Å². The number of hydrogen-bond acceptors (Lipinski definition) is 6. The molecule has 0 saturated heterocycles. The highest BCUT2D eigenvalue weighted by molar-refractivity contribution is 5.81. The third kappa shape index (κ3) is 5.12. The van der Waals surface area contributed by atoms with Crippen LogP contribution in [-0.2, 0) is 4.79 Å². The molecular formula is C15H13N3O5. The zero-order valence-electron chi connectivity index (χ0n) is 11.9. The van der Waals surface area contributed by atoms with Crippen LogP contribution < -0.4 is 10.2 Å². The highest BCUT2D eigenvalue weighted by atomic mass is 16.6. The average Bonchev–Trinajstić information content (AvgIpc) is 3.06. The van der Waals surface area contributed by atoms with Gasteiger partial charge in [-0.2, -0.15) is 5.10 Å². The first kappa shape index (κ1) is 16.0. The first-order valence-electron chi connectivity index (χ1n) is 6.55. The van der Waals surface area contributed by atoms with Gasteiger partial charge >= 0.3 is 5.69 Å². The number of furan rings is 1. The summed E-state index contributed by atoms with van der Waals surface area (Å²) in [5, 5.41) is 14.5. The second kappa shape index (κ2) is 8.13. The van der Waals surface area contributed by atoms with E-state index in [1.807, 2.05) is 0 Å². The number of nitro benzene ring substituents is 1. The summed E-state index contributed by atoms with van der Waals surface area (Å²) >= 11 is 0. The van der Waals surface area contributed by atoms with Crippen LogP contribution in [-0.4, -0.2) is 23.7 Å². The van der Waals surface area contributed by atoms with Crippen LogP contribution in [0.2, 0.25) is 0 Å². The van der Waals surface area contributed by atoms with Gasteiger partial charge in [0, 0.05) is 12.3 Å². The molecule has 1 aromatic heterocycles. The normalized spacial score (nSPS) is 11.0. The Kier molecular flexibility index (Phi) is 5.64. The summed E-state index contributed by atoms with van der Waals surface area (Å²) in [4.78, 5) is 21.7. The Hall–Kier alpha value is -3.42. The fourth-order valence-corrected chi connectivity index (χ4v) is 1.58. The summed E-state index contributed by atoms with van der Waals surface area (Å²) in [5.41, 5.74) is 2.03. The van der Waals surface area contributed by atoms with Gasteiger partial charge < -0.3 is 9.15 Å². The van der Waals surface area contributed by atoms with Gasteiger partial charge in [-0.1, -0.05) is 12.1 Å². The molecule has 2 rings (SSSR count). The van der Waals surface area contributed by atoms with Crippen molar-refractivity contribution >= 4 is 23.9 Å². The molecule has 1 amide bonds. The van der Waals surface area contributed by atoms with E-state index in [0.29, 0.717) is 5.76 Å². The minimum atomic E-state index is -0.579. The number of para-hydroxylation sites is 2. The third-order valence-electron chi connectivity index (χ3n) is 2.57. The SMILES string of the molecule is O=C(COc1ccccc1[N+](=O)[O-])N/N=C\C=C\c1ccco1. The topological polar surface area (TPSA) is 107 Å². The van der Waals surface area contributed by atoms with Crippen molar-refractivity contribution in [2.24, 2.45) is 5.10 Å². The summed E-state index contributed by atoms with van der Waals surface area (Å²) in [5.74, 6) is 0.141. The van der Waals surface area contributed by atoms with E-state index in [-0.39, 0.29) is 18.0 Å². The fraction of sp³-hybridized carbons (Fsp3) is 0.0667. The van der Waals surface area contributed by atoms with Crippen LogP contribution in [0.5, 0.6) is 5.75 Å². The van der Waals surface area contributed by atoms with Crippen molar-refractivity contribution in [2.75, 3.05) is 6.61 Å². The molecule has 0 spiro atoms. The number of rotatable bonds is 7. The molecule has 0 aliphatic heterocycles. The molecule has 0 radical (unpaired) electrons. The van der Waals surface area contributed by atoms with Gasteiger partial charge in [0.1, 0.15) is 5.76 Å². The molecule has 23 heavy (non-hydrogen) atoms. The van der Waals surface area contributed by atoms with Crippen molar-refractivity contribution in [3.8, 4) is 5.75 Å². The molecule has 1 aromatic carbocycles. The minimum absolute atomic E-state index is 0.0225. The Morgan fingerprint density at radius 1 is 1.35 bits per heavy atom. The van der Waals surface area contributed by atoms with E-state index in [1.54, 1.807) is 36.6 Å². The van der Waals surface area contributed by atoms with Gasteiger partial charge in [-0.05, 0) is 30.4 Å². The van der Waals surface area contributed by atoms with E-state index < -0.39 is 10.8 Å². The van der Waals surface area contributed by atoms with E-state index in [1.165, 1.54) is 24.4 Å². The Morgan fingerprint density at radius 3 is 2.91 bits per heavy atom. The Bertz CT molecular complexity index is 722. The number of hydrazone groups is 1. The summed E-state index contributed by atoms with van der Waals surface area (Å²) in [7, 11) is 0. The fourth-order valence-electron chi connectivity index (χ4n) is 1.58. The van der Waals surface area contributed by atoms with Crippen LogP contribution in [0.3, 0.4) is 0 Å². The van der Waals surface area contributed by atoms with Crippen LogP contribution in [0.15, 0.2) is 58.3 Å². The Balaban J connectivity index is 1.78. The molecule has 0 aliphatic rings. The molecule has 2 aromatic rings. The van der Waals surface area contributed by atoms with Crippen molar-refractivity contribution < 1.29 is 18.9 Å². The van der Waals surface area contributed by atoms with Crippen LogP contribution in [0.25, 0.3) is 6.08 Å². The molecule has 118 valence electrons. The van der Waals surface area contributed by atoms with Gasteiger partial charge in [0.2, 0.25) is 0 Å². The molecule has 0 unspecified atom stereocenters. The molecule has 0 aliphatic carbocycles. The van der Waals surface area contributed by atoms with Gasteiger partial charge in [-0.3, -0.25) is 14.9 Å². The molecule has 0 atom stereocenters. The number of amides is 1. The molecule has 0 bridgehead atoms. The first-order chi connectivity index (χ1) is 11.2. The van der Waals surface area contributed by atoms with Crippen molar-refractivity contribution in [1.82, 2.24) is 5.43 Å². The van der Waals surface area contributed by atoms with E-state index in [9.17, 15) is 14.9 Å². The van der Waals surface area contributed by atoms with E-state index in [4.69, 9.17) is 9.15 Å². The molecule has 8 heteroatoms. The Morgan fingerprint density at radius 2 is 2.17 bits per heavy atom. The monoisotopic (exact) mass is 315 g/mol. The predicted octanol–water partition coefficient (Wildman–Crippen LogP) is 2.38. The highest BCUT2D eigenvalue weighted by Crippen LogP contribution is 2.25. The number of nitro groups is 1. The van der Waals surface area contributed by atoms with Crippen LogP contribution in [0.1, 0.15) is 5.76 Å². The number of ether oxygens (including phenoxy) is 1. The number of carbonyl (C=O) groups is 1. The predicted molar refractivity (Wildman–Crippen MR) is 83.0 cm³/mol. The maximum absolute atomic E-state index is 11.5. The first-order valence-corrected chi connectivity index (χ1v) is 6.55. The van der Waals surface area contributed by atoms with E-state index in [0.717, 1.165) is 0 Å². The summed E-state index contributed by atoms with van der Waals surface area (Å²) in [6.45, 7) is -0.385. The van der Waals surface area contributed by atoms with Gasteiger partial charge in [-0.25, -0.2) is 5.43 Å². The van der Waals surface area contributed by atoms with Gasteiger partial charge in [0.25, 0.3) is 5.91 Å². The average molecular weight is 315 g/mol. The van der Waals surface area contributed by atoms with Crippen LogP contribution in [0.4, 0.5) is 5.69 Å². The number of carbonyl (C=O) groups excluding carboxylic acids is 1. The minimum Gasteiger partial charge on any atom is -0.477 e. The van der Waals surface area contributed by atoms with Crippen LogP contribution >= 0.6 is 0 Å².